The van der Waals surface area contributed by atoms with Crippen LogP contribution in [0.1, 0.15) is 25.7 Å². The van der Waals surface area contributed by atoms with Gasteiger partial charge in [-0.3, -0.25) is 4.90 Å². The first-order valence-corrected chi connectivity index (χ1v) is 10.0. The van der Waals surface area contributed by atoms with Crippen LogP contribution in [-0.2, 0) is 6.54 Å². The van der Waals surface area contributed by atoms with Crippen LogP contribution in [0, 0.1) is 11.8 Å². The number of piperidine rings is 1. The van der Waals surface area contributed by atoms with E-state index in [1.165, 1.54) is 12.8 Å². The molecule has 0 spiro atoms. The van der Waals surface area contributed by atoms with Crippen molar-refractivity contribution >= 4 is 27.0 Å². The SMILES string of the molecule is FC(F)CN1CCC(COc2ccc3c(nnn3CC3CC3)c2Br)CC1. The van der Waals surface area contributed by atoms with Crippen LogP contribution in [0.15, 0.2) is 16.6 Å². The van der Waals surface area contributed by atoms with Crippen molar-refractivity contribution in [2.75, 3.05) is 26.2 Å². The molecule has 1 aromatic heterocycles. The van der Waals surface area contributed by atoms with Gasteiger partial charge in [0.25, 0.3) is 6.43 Å². The van der Waals surface area contributed by atoms with Crippen LogP contribution in [0.3, 0.4) is 0 Å². The summed E-state index contributed by atoms with van der Waals surface area (Å²) in [5.74, 6) is 1.91. The van der Waals surface area contributed by atoms with Crippen molar-refractivity contribution < 1.29 is 13.5 Å². The number of alkyl halides is 2. The molecule has 0 atom stereocenters. The molecular weight excluding hydrogens is 406 g/mol. The van der Waals surface area contributed by atoms with Crippen molar-refractivity contribution in [1.29, 1.82) is 0 Å². The van der Waals surface area contributed by atoms with Crippen LogP contribution in [0.2, 0.25) is 0 Å². The second-order valence-corrected chi connectivity index (χ2v) is 8.20. The highest BCUT2D eigenvalue weighted by atomic mass is 79.9. The molecule has 26 heavy (non-hydrogen) atoms. The van der Waals surface area contributed by atoms with E-state index in [4.69, 9.17) is 4.74 Å². The van der Waals surface area contributed by atoms with Crippen LogP contribution < -0.4 is 4.74 Å². The minimum Gasteiger partial charge on any atom is -0.492 e. The normalized spacial score (nSPS) is 19.5. The second kappa shape index (κ2) is 7.76. The Bertz CT molecular complexity index is 757. The van der Waals surface area contributed by atoms with Gasteiger partial charge >= 0.3 is 0 Å². The third-order valence-electron chi connectivity index (χ3n) is 5.30. The van der Waals surface area contributed by atoms with Crippen molar-refractivity contribution in [3.63, 3.8) is 0 Å². The summed E-state index contributed by atoms with van der Waals surface area (Å²) >= 11 is 3.61. The minimum absolute atomic E-state index is 0.119. The molecule has 1 aliphatic carbocycles. The summed E-state index contributed by atoms with van der Waals surface area (Å²) in [6.45, 7) is 2.84. The zero-order valence-electron chi connectivity index (χ0n) is 14.6. The second-order valence-electron chi connectivity index (χ2n) is 7.41. The molecule has 2 heterocycles. The number of likely N-dealkylation sites (tertiary alicyclic amines) is 1. The smallest absolute Gasteiger partial charge is 0.251 e. The van der Waals surface area contributed by atoms with E-state index in [1.807, 2.05) is 21.7 Å². The maximum Gasteiger partial charge on any atom is 0.251 e. The number of hydrogen-bond acceptors (Lipinski definition) is 4. The van der Waals surface area contributed by atoms with Gasteiger partial charge in [0.15, 0.2) is 0 Å². The van der Waals surface area contributed by atoms with E-state index in [0.717, 1.165) is 46.6 Å². The number of ether oxygens (including phenoxy) is 1. The van der Waals surface area contributed by atoms with Gasteiger partial charge in [-0.15, -0.1) is 5.10 Å². The zero-order chi connectivity index (χ0) is 18.1. The largest absolute Gasteiger partial charge is 0.492 e. The predicted octanol–water partition coefficient (Wildman–Crippen LogP) is 3.96. The number of fused-ring (bicyclic) bond motifs is 1. The van der Waals surface area contributed by atoms with Gasteiger partial charge < -0.3 is 4.74 Å². The lowest BCUT2D eigenvalue weighted by Gasteiger charge is -2.31. The van der Waals surface area contributed by atoms with Crippen LogP contribution in [0.5, 0.6) is 5.75 Å². The molecule has 1 saturated carbocycles. The first kappa shape index (κ1) is 18.1. The van der Waals surface area contributed by atoms with Crippen LogP contribution in [-0.4, -0.2) is 52.6 Å². The van der Waals surface area contributed by atoms with Crippen molar-refractivity contribution in [2.24, 2.45) is 11.8 Å². The monoisotopic (exact) mass is 428 g/mol. The maximum absolute atomic E-state index is 12.4. The molecule has 2 aliphatic rings. The Hall–Kier alpha value is -1.28. The minimum atomic E-state index is -2.25. The number of nitrogens with zero attached hydrogens (tertiary/aromatic N) is 4. The van der Waals surface area contributed by atoms with Crippen LogP contribution in [0.4, 0.5) is 8.78 Å². The van der Waals surface area contributed by atoms with Crippen LogP contribution >= 0.6 is 15.9 Å². The van der Waals surface area contributed by atoms with Crippen molar-refractivity contribution in [2.45, 2.75) is 38.7 Å². The van der Waals surface area contributed by atoms with Gasteiger partial charge in [0.1, 0.15) is 11.3 Å². The van der Waals surface area contributed by atoms with E-state index in [9.17, 15) is 8.78 Å². The van der Waals surface area contributed by atoms with E-state index < -0.39 is 6.43 Å². The summed E-state index contributed by atoms with van der Waals surface area (Å²) in [6.07, 6.45) is 2.09. The molecule has 1 aliphatic heterocycles. The van der Waals surface area contributed by atoms with Crippen molar-refractivity contribution in [3.8, 4) is 5.75 Å². The molecule has 0 bridgehead atoms. The van der Waals surface area contributed by atoms with Gasteiger partial charge in [0.05, 0.1) is 23.1 Å². The molecule has 1 aromatic carbocycles. The van der Waals surface area contributed by atoms with Gasteiger partial charge in [0, 0.05) is 6.54 Å². The molecule has 1 saturated heterocycles. The van der Waals surface area contributed by atoms with Crippen molar-refractivity contribution in [1.82, 2.24) is 19.9 Å². The molecule has 8 heteroatoms. The van der Waals surface area contributed by atoms with Gasteiger partial charge in [-0.05, 0) is 78.7 Å². The van der Waals surface area contributed by atoms with Gasteiger partial charge in [0.2, 0.25) is 0 Å². The summed E-state index contributed by atoms with van der Waals surface area (Å²) < 4.78 is 33.7. The van der Waals surface area contributed by atoms with E-state index in [0.29, 0.717) is 25.6 Å². The Balaban J connectivity index is 1.35. The average Bonchev–Trinajstić information content (AvgIpc) is 3.34. The Labute approximate surface area is 159 Å². The van der Waals surface area contributed by atoms with E-state index in [1.54, 1.807) is 0 Å². The summed E-state index contributed by atoms with van der Waals surface area (Å²) in [5.41, 5.74) is 1.85. The highest BCUT2D eigenvalue weighted by Gasteiger charge is 2.25. The first-order chi connectivity index (χ1) is 12.6. The standard InChI is InChI=1S/C18H23BrF2N4O/c19-17-15(26-11-13-5-7-24(8-6-13)10-16(20)21)4-3-14-18(17)22-23-25(14)9-12-1-2-12/h3-4,12-13,16H,1-2,5-11H2. The average molecular weight is 429 g/mol. The molecule has 5 nitrogen and oxygen atoms in total. The maximum atomic E-state index is 12.4. The number of halogens is 3. The Morgan fingerprint density at radius 1 is 1.15 bits per heavy atom. The number of rotatable bonds is 7. The fourth-order valence-corrected chi connectivity index (χ4v) is 4.05. The third-order valence-corrected chi connectivity index (χ3v) is 6.06. The summed E-state index contributed by atoms with van der Waals surface area (Å²) in [4.78, 5) is 1.83. The molecule has 142 valence electrons. The number of aromatic nitrogens is 3. The molecule has 4 rings (SSSR count). The van der Waals surface area contributed by atoms with Gasteiger partial charge in [-0.1, -0.05) is 5.21 Å². The van der Waals surface area contributed by atoms with E-state index in [2.05, 4.69) is 26.2 Å². The molecule has 0 unspecified atom stereocenters. The Kier molecular flexibility index (Phi) is 5.40. The number of benzene rings is 1. The molecular formula is C18H23BrF2N4O. The predicted molar refractivity (Wildman–Crippen MR) is 98.6 cm³/mol. The highest BCUT2D eigenvalue weighted by molar-refractivity contribution is 9.10. The fraction of sp³-hybridized carbons (Fsp3) is 0.667. The molecule has 2 fully saturated rings. The summed E-state index contributed by atoms with van der Waals surface area (Å²) in [7, 11) is 0. The van der Waals surface area contributed by atoms with Crippen molar-refractivity contribution in [3.05, 3.63) is 16.6 Å². The van der Waals surface area contributed by atoms with E-state index in [-0.39, 0.29) is 6.54 Å². The summed E-state index contributed by atoms with van der Waals surface area (Å²) in [5, 5.41) is 8.57. The molecule has 0 amide bonds. The van der Waals surface area contributed by atoms with Crippen LogP contribution in [0.25, 0.3) is 11.0 Å². The molecule has 2 aromatic rings. The fourth-order valence-electron chi connectivity index (χ4n) is 3.52. The van der Waals surface area contributed by atoms with Gasteiger partial charge in [-0.2, -0.15) is 0 Å². The topological polar surface area (TPSA) is 43.2 Å². The molecule has 0 N–H and O–H groups in total. The lowest BCUT2D eigenvalue weighted by atomic mass is 9.98. The number of hydrogen-bond donors (Lipinski definition) is 0. The highest BCUT2D eigenvalue weighted by Crippen LogP contribution is 2.35. The quantitative estimate of drug-likeness (QED) is 0.669. The Morgan fingerprint density at radius 2 is 1.92 bits per heavy atom. The summed E-state index contributed by atoms with van der Waals surface area (Å²) in [6, 6.07) is 3.98. The lowest BCUT2D eigenvalue weighted by molar-refractivity contribution is 0.0619. The Morgan fingerprint density at radius 3 is 2.62 bits per heavy atom. The first-order valence-electron chi connectivity index (χ1n) is 9.25. The third kappa shape index (κ3) is 4.17. The lowest BCUT2D eigenvalue weighted by Crippen LogP contribution is -2.38. The molecule has 0 radical (unpaired) electrons. The van der Waals surface area contributed by atoms with Gasteiger partial charge in [-0.25, -0.2) is 13.5 Å². The zero-order valence-corrected chi connectivity index (χ0v) is 16.2. The van der Waals surface area contributed by atoms with E-state index >= 15 is 0 Å².